The summed E-state index contributed by atoms with van der Waals surface area (Å²) in [6.45, 7) is 3.92. The number of aromatic amines is 1. The molecule has 4 atom stereocenters. The SMILES string of the molecule is CC[C@H](C)[C@H](NC(=O)Cc1ccccc1)C(=O)NCC(=O)N1C[C@H](c2ccccc2)CC1C(=O)NCc1nn[nH]n1. The lowest BCUT2D eigenvalue weighted by atomic mass is 9.96. The maximum absolute atomic E-state index is 13.4. The molecular formula is C29H36N8O4. The van der Waals surface area contributed by atoms with Gasteiger partial charge < -0.3 is 20.9 Å². The highest BCUT2D eigenvalue weighted by atomic mass is 16.2. The summed E-state index contributed by atoms with van der Waals surface area (Å²) in [5.74, 6) is -1.29. The zero-order valence-corrected chi connectivity index (χ0v) is 23.2. The summed E-state index contributed by atoms with van der Waals surface area (Å²) in [5, 5.41) is 21.8. The molecule has 2 heterocycles. The third-order valence-corrected chi connectivity index (χ3v) is 7.44. The van der Waals surface area contributed by atoms with Gasteiger partial charge in [0.15, 0.2) is 5.82 Å². The monoisotopic (exact) mass is 560 g/mol. The van der Waals surface area contributed by atoms with E-state index in [4.69, 9.17) is 0 Å². The van der Waals surface area contributed by atoms with Crippen LogP contribution in [0.5, 0.6) is 0 Å². The maximum Gasteiger partial charge on any atom is 0.243 e. The zero-order chi connectivity index (χ0) is 29.2. The number of rotatable bonds is 12. The Hall–Kier alpha value is -4.61. The molecule has 216 valence electrons. The third kappa shape index (κ3) is 7.96. The Morgan fingerprint density at radius 2 is 1.73 bits per heavy atom. The van der Waals surface area contributed by atoms with Crippen LogP contribution in [-0.4, -0.2) is 74.3 Å². The van der Waals surface area contributed by atoms with E-state index in [2.05, 4.69) is 36.6 Å². The Balaban J connectivity index is 1.40. The first-order valence-electron chi connectivity index (χ1n) is 13.8. The minimum absolute atomic E-state index is 0.0399. The summed E-state index contributed by atoms with van der Waals surface area (Å²) >= 11 is 0. The van der Waals surface area contributed by atoms with E-state index in [0.717, 1.165) is 11.1 Å². The average molecular weight is 561 g/mol. The number of benzene rings is 2. The Labute approximate surface area is 238 Å². The normalized spacial score (nSPS) is 17.9. The van der Waals surface area contributed by atoms with Crippen molar-refractivity contribution in [2.24, 2.45) is 5.92 Å². The molecule has 1 aliphatic heterocycles. The van der Waals surface area contributed by atoms with Crippen molar-refractivity contribution in [3.8, 4) is 0 Å². The van der Waals surface area contributed by atoms with Crippen LogP contribution in [0, 0.1) is 5.92 Å². The second-order valence-electron chi connectivity index (χ2n) is 10.3. The topological polar surface area (TPSA) is 162 Å². The number of nitrogens with one attached hydrogen (secondary N) is 4. The van der Waals surface area contributed by atoms with Crippen molar-refractivity contribution in [2.45, 2.75) is 57.7 Å². The van der Waals surface area contributed by atoms with Crippen molar-refractivity contribution in [3.05, 3.63) is 77.6 Å². The minimum atomic E-state index is -0.797. The molecule has 4 amide bonds. The molecule has 4 N–H and O–H groups in total. The maximum atomic E-state index is 13.4. The molecule has 1 aromatic heterocycles. The van der Waals surface area contributed by atoms with Gasteiger partial charge >= 0.3 is 0 Å². The van der Waals surface area contributed by atoms with Crippen LogP contribution in [0.2, 0.25) is 0 Å². The van der Waals surface area contributed by atoms with E-state index in [9.17, 15) is 19.2 Å². The quantitative estimate of drug-likeness (QED) is 0.258. The van der Waals surface area contributed by atoms with E-state index >= 15 is 0 Å². The lowest BCUT2D eigenvalue weighted by Crippen LogP contribution is -2.53. The van der Waals surface area contributed by atoms with Crippen molar-refractivity contribution in [1.29, 1.82) is 0 Å². The van der Waals surface area contributed by atoms with E-state index in [0.29, 0.717) is 25.2 Å². The lowest BCUT2D eigenvalue weighted by molar-refractivity contribution is -0.139. The van der Waals surface area contributed by atoms with Gasteiger partial charge in [-0.1, -0.05) is 86.1 Å². The fourth-order valence-electron chi connectivity index (χ4n) is 4.95. The summed E-state index contributed by atoms with van der Waals surface area (Å²) in [5.41, 5.74) is 1.87. The first kappa shape index (κ1) is 29.4. The zero-order valence-electron chi connectivity index (χ0n) is 23.2. The van der Waals surface area contributed by atoms with Crippen LogP contribution >= 0.6 is 0 Å². The summed E-state index contributed by atoms with van der Waals surface area (Å²) in [6, 6.07) is 17.5. The Kier molecular flexibility index (Phi) is 10.1. The van der Waals surface area contributed by atoms with Gasteiger partial charge in [-0.05, 0) is 23.5 Å². The summed E-state index contributed by atoms with van der Waals surface area (Å²) in [6.07, 6.45) is 1.24. The first-order valence-corrected chi connectivity index (χ1v) is 13.8. The number of hydrogen-bond donors (Lipinski definition) is 4. The standard InChI is InChI=1S/C29H36N8O4/c1-3-19(2)27(32-25(38)14-20-10-6-4-7-11-20)29(41)31-17-26(39)37-18-22(21-12-8-5-9-13-21)15-23(37)28(40)30-16-24-33-35-36-34-24/h4-13,19,22-23,27H,3,14-18H2,1-2H3,(H,30,40)(H,31,41)(H,32,38)(H,33,34,35,36)/t19-,22+,23?,27-/m0/s1. The smallest absolute Gasteiger partial charge is 0.243 e. The Bertz CT molecular complexity index is 1300. The number of carbonyl (C=O) groups excluding carboxylic acids is 4. The van der Waals surface area contributed by atoms with Crippen LogP contribution in [0.3, 0.4) is 0 Å². The molecule has 1 unspecified atom stereocenters. The molecule has 12 heteroatoms. The van der Waals surface area contributed by atoms with Crippen LogP contribution in [0.25, 0.3) is 0 Å². The number of likely N-dealkylation sites (tertiary alicyclic amines) is 1. The summed E-state index contributed by atoms with van der Waals surface area (Å²) in [4.78, 5) is 54.0. The van der Waals surface area contributed by atoms with Crippen LogP contribution < -0.4 is 16.0 Å². The second-order valence-corrected chi connectivity index (χ2v) is 10.3. The third-order valence-electron chi connectivity index (χ3n) is 7.44. The molecule has 0 spiro atoms. The molecule has 41 heavy (non-hydrogen) atoms. The lowest BCUT2D eigenvalue weighted by Gasteiger charge is -2.26. The van der Waals surface area contributed by atoms with Crippen molar-refractivity contribution in [2.75, 3.05) is 13.1 Å². The second kappa shape index (κ2) is 14.1. The molecule has 4 rings (SSSR count). The van der Waals surface area contributed by atoms with Crippen molar-refractivity contribution >= 4 is 23.6 Å². The van der Waals surface area contributed by atoms with Gasteiger partial charge in [0, 0.05) is 12.5 Å². The number of tetrazole rings is 1. The van der Waals surface area contributed by atoms with Crippen LogP contribution in [0.4, 0.5) is 0 Å². The molecule has 0 aliphatic carbocycles. The van der Waals surface area contributed by atoms with Crippen molar-refractivity contribution < 1.29 is 19.2 Å². The van der Waals surface area contributed by atoms with E-state index < -0.39 is 18.0 Å². The Morgan fingerprint density at radius 1 is 1.02 bits per heavy atom. The van der Waals surface area contributed by atoms with Gasteiger partial charge in [0.05, 0.1) is 19.5 Å². The fraction of sp³-hybridized carbons (Fsp3) is 0.414. The van der Waals surface area contributed by atoms with Gasteiger partial charge in [0.2, 0.25) is 23.6 Å². The number of aromatic nitrogens is 4. The molecule has 2 aromatic carbocycles. The molecule has 1 saturated heterocycles. The van der Waals surface area contributed by atoms with Gasteiger partial charge in [0.1, 0.15) is 12.1 Å². The van der Waals surface area contributed by atoms with E-state index in [-0.39, 0.29) is 49.1 Å². The van der Waals surface area contributed by atoms with Crippen molar-refractivity contribution in [1.82, 2.24) is 41.5 Å². The number of H-pyrrole nitrogens is 1. The average Bonchev–Trinajstić information content (AvgIpc) is 3.69. The molecule has 0 saturated carbocycles. The minimum Gasteiger partial charge on any atom is -0.347 e. The first-order chi connectivity index (χ1) is 19.9. The largest absolute Gasteiger partial charge is 0.347 e. The van der Waals surface area contributed by atoms with E-state index in [1.165, 1.54) is 4.90 Å². The molecule has 3 aromatic rings. The molecule has 0 radical (unpaired) electrons. The van der Waals surface area contributed by atoms with Gasteiger partial charge in [-0.15, -0.1) is 10.2 Å². The van der Waals surface area contributed by atoms with E-state index in [1.54, 1.807) is 0 Å². The Morgan fingerprint density at radius 3 is 2.39 bits per heavy atom. The summed E-state index contributed by atoms with van der Waals surface area (Å²) < 4.78 is 0. The molecule has 12 nitrogen and oxygen atoms in total. The molecular weight excluding hydrogens is 524 g/mol. The predicted octanol–water partition coefficient (Wildman–Crippen LogP) is 1.09. The number of hydrogen-bond acceptors (Lipinski definition) is 7. The van der Waals surface area contributed by atoms with Gasteiger partial charge in [-0.3, -0.25) is 19.2 Å². The number of carbonyl (C=O) groups is 4. The molecule has 1 aliphatic rings. The van der Waals surface area contributed by atoms with Crippen molar-refractivity contribution in [3.63, 3.8) is 0 Å². The highest BCUT2D eigenvalue weighted by Crippen LogP contribution is 2.32. The predicted molar refractivity (Wildman–Crippen MR) is 150 cm³/mol. The molecule has 0 bridgehead atoms. The summed E-state index contributed by atoms with van der Waals surface area (Å²) in [7, 11) is 0. The highest BCUT2D eigenvalue weighted by molar-refractivity contribution is 5.93. The van der Waals surface area contributed by atoms with E-state index in [1.807, 2.05) is 74.5 Å². The van der Waals surface area contributed by atoms with Crippen LogP contribution in [-0.2, 0) is 32.1 Å². The van der Waals surface area contributed by atoms with Gasteiger partial charge in [-0.25, -0.2) is 0 Å². The molecule has 1 fully saturated rings. The van der Waals surface area contributed by atoms with Crippen LogP contribution in [0.1, 0.15) is 49.6 Å². The van der Waals surface area contributed by atoms with Gasteiger partial charge in [0.25, 0.3) is 0 Å². The highest BCUT2D eigenvalue weighted by Gasteiger charge is 2.40. The van der Waals surface area contributed by atoms with Gasteiger partial charge in [-0.2, -0.15) is 5.21 Å². The number of amides is 4. The fourth-order valence-corrected chi connectivity index (χ4v) is 4.95. The van der Waals surface area contributed by atoms with Crippen LogP contribution in [0.15, 0.2) is 60.7 Å². The number of nitrogens with zero attached hydrogens (tertiary/aromatic N) is 4.